The van der Waals surface area contributed by atoms with Gasteiger partial charge in [0.1, 0.15) is 47.5 Å². The number of ether oxygens (including phenoxy) is 4. The molecule has 23 nitrogen and oxygen atoms in total. The van der Waals surface area contributed by atoms with E-state index in [0.717, 1.165) is 0 Å². The first-order chi connectivity index (χ1) is 34.5. The second-order valence-corrected chi connectivity index (χ2v) is 16.5. The van der Waals surface area contributed by atoms with Crippen molar-refractivity contribution in [3.8, 4) is 22.3 Å². The molecule has 2 aromatic carbocycles. The lowest BCUT2D eigenvalue weighted by Gasteiger charge is -2.17. The molecule has 6 aromatic rings. The van der Waals surface area contributed by atoms with E-state index in [4.69, 9.17) is 38.8 Å². The Morgan fingerprint density at radius 2 is 1.24 bits per heavy atom. The number of aliphatic hydroxyl groups excluding tert-OH is 1. The van der Waals surface area contributed by atoms with Crippen LogP contribution in [0, 0.1) is 11.6 Å². The molecule has 71 heavy (non-hydrogen) atoms. The average Bonchev–Trinajstić information content (AvgIpc) is 4.24. The normalized spacial score (nSPS) is 19.8. The van der Waals surface area contributed by atoms with E-state index in [1.165, 1.54) is 41.4 Å². The van der Waals surface area contributed by atoms with Crippen molar-refractivity contribution in [1.82, 2.24) is 40.0 Å². The van der Waals surface area contributed by atoms with Crippen LogP contribution in [-0.2, 0) is 41.7 Å². The number of carboxylic acid groups (broad SMARTS) is 1. The van der Waals surface area contributed by atoms with E-state index in [1.54, 1.807) is 82.7 Å². The summed E-state index contributed by atoms with van der Waals surface area (Å²) in [5.74, 6) is -0.995. The fourth-order valence-corrected chi connectivity index (χ4v) is 8.15. The molecule has 2 amide bonds. The number of amides is 2. The number of halogens is 2. The Morgan fingerprint density at radius 1 is 0.732 bits per heavy atom. The predicted molar refractivity (Wildman–Crippen MR) is 243 cm³/mol. The number of carbonyl (C=O) groups excluding carboxylic acids is 2. The first-order valence-corrected chi connectivity index (χ1v) is 22.1. The van der Waals surface area contributed by atoms with Gasteiger partial charge in [0.25, 0.3) is 0 Å². The highest BCUT2D eigenvalue weighted by molar-refractivity contribution is 6.00. The highest BCUT2D eigenvalue weighted by atomic mass is 19.1. The van der Waals surface area contributed by atoms with Crippen LogP contribution in [0.25, 0.3) is 22.3 Å². The molecule has 8 heterocycles. The SMILES string of the molecule is COCC(C[C@@H]1CC(c2ccc(-c3ccc(N4C[C@H](Cn5ccnn5)OC4=O)cc3F)cn2)=NO1)OC(=O)O.O=C1O[C@@H](Cn2ccnn2)CN1c1ccc(-c2ccc(C3=NO[C@H](CO)C3)nc2)c(F)c1. The lowest BCUT2D eigenvalue weighted by molar-refractivity contribution is -0.0220. The number of hydrogen-bond donors (Lipinski definition) is 2. The van der Waals surface area contributed by atoms with Crippen LogP contribution in [0.15, 0.2) is 108 Å². The fraction of sp³-hybridized carbons (Fsp3) is 0.326. The third-order valence-electron chi connectivity index (χ3n) is 11.6. The van der Waals surface area contributed by atoms with Crippen LogP contribution in [0.2, 0.25) is 0 Å². The molecule has 0 saturated carbocycles. The van der Waals surface area contributed by atoms with Gasteiger partial charge >= 0.3 is 18.3 Å². The Labute approximate surface area is 401 Å². The molecular formula is C46H44F2N12O11. The van der Waals surface area contributed by atoms with Gasteiger partial charge in [0.05, 0.1) is 74.5 Å². The second kappa shape index (κ2) is 21.5. The number of hydrogen-bond acceptors (Lipinski definition) is 18. The van der Waals surface area contributed by atoms with Gasteiger partial charge in [0.2, 0.25) is 0 Å². The van der Waals surface area contributed by atoms with Crippen molar-refractivity contribution in [3.63, 3.8) is 0 Å². The Balaban J connectivity index is 0.000000179. The summed E-state index contributed by atoms with van der Waals surface area (Å²) in [6.45, 7) is 1.24. The van der Waals surface area contributed by atoms with Gasteiger partial charge in [-0.05, 0) is 48.5 Å². The monoisotopic (exact) mass is 978 g/mol. The number of methoxy groups -OCH3 is 1. The zero-order valence-corrected chi connectivity index (χ0v) is 37.7. The van der Waals surface area contributed by atoms with E-state index < -0.39 is 48.3 Å². The van der Waals surface area contributed by atoms with Crippen molar-refractivity contribution in [2.45, 2.75) is 62.9 Å². The van der Waals surface area contributed by atoms with Crippen LogP contribution >= 0.6 is 0 Å². The third-order valence-corrected chi connectivity index (χ3v) is 11.6. The molecule has 2 N–H and O–H groups in total. The first-order valence-electron chi connectivity index (χ1n) is 22.1. The van der Waals surface area contributed by atoms with Crippen molar-refractivity contribution in [3.05, 3.63) is 121 Å². The van der Waals surface area contributed by atoms with Crippen molar-refractivity contribution < 1.29 is 62.0 Å². The summed E-state index contributed by atoms with van der Waals surface area (Å²) < 4.78 is 53.7. The van der Waals surface area contributed by atoms with Crippen LogP contribution < -0.4 is 9.80 Å². The number of rotatable bonds is 16. The molecule has 0 radical (unpaired) electrons. The number of pyridine rings is 2. The van der Waals surface area contributed by atoms with E-state index in [2.05, 4.69) is 40.9 Å². The molecule has 2 saturated heterocycles. The Hall–Kier alpha value is -8.45. The second-order valence-electron chi connectivity index (χ2n) is 16.5. The zero-order valence-electron chi connectivity index (χ0n) is 37.7. The van der Waals surface area contributed by atoms with E-state index in [-0.39, 0.29) is 44.9 Å². The smallest absolute Gasteiger partial charge is 0.450 e. The van der Waals surface area contributed by atoms with Crippen molar-refractivity contribution in [2.24, 2.45) is 10.3 Å². The van der Waals surface area contributed by atoms with Crippen molar-refractivity contribution in [2.75, 3.05) is 43.2 Å². The molecular weight excluding hydrogens is 935 g/mol. The predicted octanol–water partition coefficient (Wildman–Crippen LogP) is 5.09. The first kappa shape index (κ1) is 47.6. The largest absolute Gasteiger partial charge is 0.506 e. The van der Waals surface area contributed by atoms with Crippen LogP contribution in [-0.4, -0.2) is 144 Å². The number of nitrogens with zero attached hydrogens (tertiary/aromatic N) is 12. The van der Waals surface area contributed by atoms with Gasteiger partial charge in [-0.1, -0.05) is 32.9 Å². The molecule has 5 atom stereocenters. The number of benzene rings is 2. The summed E-state index contributed by atoms with van der Waals surface area (Å²) in [6.07, 6.45) is 5.92. The minimum atomic E-state index is -1.39. The Morgan fingerprint density at radius 3 is 1.65 bits per heavy atom. The molecule has 4 aliphatic heterocycles. The van der Waals surface area contributed by atoms with Gasteiger partial charge in [-0.25, -0.2) is 32.5 Å². The average molecular weight is 979 g/mol. The minimum Gasteiger partial charge on any atom is -0.450 e. The quantitative estimate of drug-likeness (QED) is 0.0945. The molecule has 0 spiro atoms. The summed E-state index contributed by atoms with van der Waals surface area (Å²) in [6, 6.07) is 16.0. The minimum absolute atomic E-state index is 0.0985. The summed E-state index contributed by atoms with van der Waals surface area (Å²) in [5.41, 5.74) is 4.99. The van der Waals surface area contributed by atoms with Crippen LogP contribution in [0.5, 0.6) is 0 Å². The Kier molecular flexibility index (Phi) is 14.4. The fourth-order valence-electron chi connectivity index (χ4n) is 8.15. The number of oxime groups is 2. The van der Waals surface area contributed by atoms with E-state index in [1.807, 2.05) is 0 Å². The molecule has 1 unspecified atom stereocenters. The third kappa shape index (κ3) is 11.4. The van der Waals surface area contributed by atoms with Gasteiger partial charge in [0, 0.05) is 73.4 Å². The summed E-state index contributed by atoms with van der Waals surface area (Å²) in [7, 11) is 1.45. The van der Waals surface area contributed by atoms with Gasteiger partial charge in [-0.3, -0.25) is 19.8 Å². The molecule has 368 valence electrons. The number of aromatic nitrogens is 8. The van der Waals surface area contributed by atoms with E-state index in [0.29, 0.717) is 82.4 Å². The lowest BCUT2D eigenvalue weighted by Crippen LogP contribution is -2.27. The van der Waals surface area contributed by atoms with Gasteiger partial charge < -0.3 is 38.8 Å². The molecule has 2 fully saturated rings. The Bertz CT molecular complexity index is 2890. The molecule has 10 rings (SSSR count). The van der Waals surface area contributed by atoms with E-state index in [9.17, 15) is 18.8 Å². The van der Waals surface area contributed by atoms with Gasteiger partial charge in [0.15, 0.2) is 6.10 Å². The number of carbonyl (C=O) groups is 3. The lowest BCUT2D eigenvalue weighted by atomic mass is 10.0. The topological polar surface area (TPSA) is 265 Å². The number of cyclic esters (lactones) is 2. The van der Waals surface area contributed by atoms with Gasteiger partial charge in [-0.15, -0.1) is 10.2 Å². The maximum atomic E-state index is 15.1. The molecule has 25 heteroatoms. The summed E-state index contributed by atoms with van der Waals surface area (Å²) in [4.78, 5) is 57.6. The standard InChI is InChI=1S/C25H25FN6O7.C21H19FN6O4/c1-36-14-18(38-25(34)35)9-17-10-23(29-39-17)22-5-2-15(11-27-22)20-4-3-16(8-21(20)26)32-13-19(37-24(32)33)12-31-7-6-28-30-31;22-18-7-14(28-11-16(31-21(28)30)10-27-6-5-24-26-27)2-3-17(18)13-1-4-19(23-9-13)20-8-15(12-29)32-25-20/h2-8,11,17-19H,9-10,12-14H2,1H3,(H,34,35);1-7,9,15-16,29H,8,10-12H2/t17-,18?,19+;15-,16-/m10/s1. The highest BCUT2D eigenvalue weighted by Crippen LogP contribution is 2.32. The molecule has 0 aliphatic carbocycles. The van der Waals surface area contributed by atoms with Crippen LogP contribution in [0.1, 0.15) is 30.7 Å². The van der Waals surface area contributed by atoms with Crippen molar-refractivity contribution in [1.29, 1.82) is 0 Å². The van der Waals surface area contributed by atoms with Crippen molar-refractivity contribution >= 4 is 41.1 Å². The molecule has 4 aromatic heterocycles. The number of anilines is 2. The molecule has 0 bridgehead atoms. The van der Waals surface area contributed by atoms with E-state index >= 15 is 4.39 Å². The number of aliphatic hydroxyl groups is 1. The van der Waals surface area contributed by atoms with Crippen LogP contribution in [0.4, 0.5) is 34.5 Å². The maximum Gasteiger partial charge on any atom is 0.506 e. The molecule has 4 aliphatic rings. The summed E-state index contributed by atoms with van der Waals surface area (Å²) >= 11 is 0. The zero-order chi connectivity index (χ0) is 49.4. The maximum absolute atomic E-state index is 15.1. The summed E-state index contributed by atoms with van der Waals surface area (Å²) in [5, 5.41) is 41.2. The van der Waals surface area contributed by atoms with Crippen LogP contribution in [0.3, 0.4) is 0 Å². The highest BCUT2D eigenvalue weighted by Gasteiger charge is 2.35. The van der Waals surface area contributed by atoms with Gasteiger partial charge in [-0.2, -0.15) is 0 Å².